The molecule has 1 rings (SSSR count). The number of aromatic amines is 1. The van der Waals surface area contributed by atoms with Crippen LogP contribution in [0.25, 0.3) is 0 Å². The molecule has 2 heteroatoms. The minimum atomic E-state index is 0.619. The second-order valence-corrected chi connectivity index (χ2v) is 13.1. The van der Waals surface area contributed by atoms with Crippen molar-refractivity contribution in [1.29, 1.82) is 0 Å². The summed E-state index contributed by atoms with van der Waals surface area (Å²) in [5.41, 5.74) is 0. The van der Waals surface area contributed by atoms with Gasteiger partial charge in [0.25, 0.3) is 5.82 Å². The van der Waals surface area contributed by atoms with Crippen molar-refractivity contribution in [2.45, 2.75) is 219 Å². The van der Waals surface area contributed by atoms with E-state index in [1.807, 2.05) is 0 Å². The molecule has 0 aliphatic heterocycles. The summed E-state index contributed by atoms with van der Waals surface area (Å²) < 4.78 is 2.55. The van der Waals surface area contributed by atoms with E-state index in [4.69, 9.17) is 0 Å². The molecule has 0 spiro atoms. The van der Waals surface area contributed by atoms with E-state index in [9.17, 15) is 0 Å². The number of H-pyrrole nitrogens is 1. The number of nitrogens with zero attached hydrogens (tertiary/aromatic N) is 1. The van der Waals surface area contributed by atoms with Gasteiger partial charge in [-0.05, 0) is 26.2 Å². The van der Waals surface area contributed by atoms with Crippen LogP contribution in [0.3, 0.4) is 0 Å². The number of hydrogen-bond donors (Lipinski definition) is 1. The summed E-state index contributed by atoms with van der Waals surface area (Å²) >= 11 is 0. The minimum absolute atomic E-state index is 0.619. The summed E-state index contributed by atoms with van der Waals surface area (Å²) in [6.07, 6.45) is 44.5. The van der Waals surface area contributed by atoms with Crippen LogP contribution in [-0.4, -0.2) is 4.98 Å². The van der Waals surface area contributed by atoms with Crippen molar-refractivity contribution in [3.63, 3.8) is 0 Å². The number of unbranched alkanes of at least 4 members (excludes halogenated alkanes) is 24. The van der Waals surface area contributed by atoms with Gasteiger partial charge in [0, 0.05) is 0 Å². The van der Waals surface area contributed by atoms with E-state index in [-0.39, 0.29) is 0 Å². The van der Waals surface area contributed by atoms with Crippen molar-refractivity contribution in [1.82, 2.24) is 4.98 Å². The van der Waals surface area contributed by atoms with Gasteiger partial charge in [0.1, 0.15) is 12.4 Å². The normalized spacial score (nSPS) is 13.2. The molecule has 0 amide bonds. The summed E-state index contributed by atoms with van der Waals surface area (Å²) in [5.74, 6) is 2.09. The Labute approximate surface area is 246 Å². The zero-order chi connectivity index (χ0) is 28.2. The number of rotatable bonds is 30. The largest absolute Gasteiger partial charge is 0.257 e. The highest BCUT2D eigenvalue weighted by atomic mass is 15.1. The lowest BCUT2D eigenvalue weighted by molar-refractivity contribution is -0.727. The van der Waals surface area contributed by atoms with Crippen molar-refractivity contribution < 1.29 is 4.57 Å². The van der Waals surface area contributed by atoms with Gasteiger partial charge in [-0.25, -0.2) is 9.55 Å². The van der Waals surface area contributed by atoms with Crippen molar-refractivity contribution in [2.24, 2.45) is 0 Å². The van der Waals surface area contributed by atoms with Crippen LogP contribution in [0, 0.1) is 0 Å². The first-order valence-corrected chi connectivity index (χ1v) is 18.3. The van der Waals surface area contributed by atoms with Crippen molar-refractivity contribution in [3.05, 3.63) is 18.2 Å². The fraction of sp³-hybridized carbons (Fsp3) is 0.919. The fourth-order valence-corrected chi connectivity index (χ4v) is 6.34. The molecule has 1 aromatic rings. The van der Waals surface area contributed by atoms with E-state index in [0.29, 0.717) is 12.0 Å². The average molecular weight is 546 g/mol. The van der Waals surface area contributed by atoms with Gasteiger partial charge in [-0.15, -0.1) is 0 Å². The number of hydrogen-bond acceptors (Lipinski definition) is 0. The second kappa shape index (κ2) is 27.4. The van der Waals surface area contributed by atoms with Gasteiger partial charge in [0.15, 0.2) is 0 Å². The third-order valence-corrected chi connectivity index (χ3v) is 9.15. The molecule has 0 bridgehead atoms. The maximum absolute atomic E-state index is 3.59. The van der Waals surface area contributed by atoms with Crippen molar-refractivity contribution >= 4 is 0 Å². The third-order valence-electron chi connectivity index (χ3n) is 9.15. The Morgan fingerprint density at radius 1 is 0.487 bits per heavy atom. The number of imidazole rings is 1. The highest BCUT2D eigenvalue weighted by Crippen LogP contribution is 2.21. The maximum Gasteiger partial charge on any atom is 0.257 e. The SMILES string of the molecule is CCCCCCCCCCCCCCCCCCC(C)c1[nH]cc[n+]1C(C)CCCCCCCCCCCC. The monoisotopic (exact) mass is 546 g/mol. The van der Waals surface area contributed by atoms with E-state index in [1.165, 1.54) is 186 Å². The van der Waals surface area contributed by atoms with Crippen LogP contribution in [0.5, 0.6) is 0 Å². The first kappa shape index (κ1) is 36.2. The van der Waals surface area contributed by atoms with E-state index in [2.05, 4.69) is 49.6 Å². The van der Waals surface area contributed by atoms with Gasteiger partial charge < -0.3 is 0 Å². The van der Waals surface area contributed by atoms with Crippen LogP contribution in [-0.2, 0) is 0 Å². The summed E-state index contributed by atoms with van der Waals surface area (Å²) in [4.78, 5) is 3.59. The summed E-state index contributed by atoms with van der Waals surface area (Å²) in [5, 5.41) is 0. The molecule has 0 aliphatic rings. The summed E-state index contributed by atoms with van der Waals surface area (Å²) in [6.45, 7) is 9.46. The molecule has 1 N–H and O–H groups in total. The van der Waals surface area contributed by atoms with E-state index < -0.39 is 0 Å². The molecule has 1 aromatic heterocycles. The topological polar surface area (TPSA) is 19.7 Å². The lowest BCUT2D eigenvalue weighted by Gasteiger charge is -2.14. The molecule has 39 heavy (non-hydrogen) atoms. The maximum atomic E-state index is 3.59. The Kier molecular flexibility index (Phi) is 25.4. The molecule has 0 saturated heterocycles. The summed E-state index contributed by atoms with van der Waals surface area (Å²) in [6, 6.07) is 0.619. The third kappa shape index (κ3) is 20.7. The lowest BCUT2D eigenvalue weighted by atomic mass is 9.99. The zero-order valence-electron chi connectivity index (χ0n) is 27.6. The molecular formula is C37H73N2+. The second-order valence-electron chi connectivity index (χ2n) is 13.1. The molecule has 0 radical (unpaired) electrons. The number of aromatic nitrogens is 2. The van der Waals surface area contributed by atoms with Crippen molar-refractivity contribution in [3.8, 4) is 0 Å². The molecular weight excluding hydrogens is 472 g/mol. The van der Waals surface area contributed by atoms with E-state index in [0.717, 1.165) is 0 Å². The quantitative estimate of drug-likeness (QED) is 0.0732. The minimum Gasteiger partial charge on any atom is -0.247 e. The van der Waals surface area contributed by atoms with Crippen molar-refractivity contribution in [2.75, 3.05) is 0 Å². The first-order chi connectivity index (χ1) is 19.2. The smallest absolute Gasteiger partial charge is 0.247 e. The van der Waals surface area contributed by atoms with Crippen LogP contribution < -0.4 is 4.57 Å². The van der Waals surface area contributed by atoms with Gasteiger partial charge in [-0.3, -0.25) is 0 Å². The summed E-state index contributed by atoms with van der Waals surface area (Å²) in [7, 11) is 0. The lowest BCUT2D eigenvalue weighted by Crippen LogP contribution is -2.40. The standard InChI is InChI=1S/C37H72N2/c1-5-7-9-11-13-15-17-18-19-20-21-22-23-25-27-29-31-35(3)37-38-33-34-39(37)36(4)32-30-28-26-24-16-14-12-10-8-6-2/h33-36H,5-32H2,1-4H3/p+1. The van der Waals surface area contributed by atoms with Crippen LogP contribution in [0.2, 0.25) is 0 Å². The molecule has 0 aromatic carbocycles. The molecule has 0 saturated carbocycles. The molecule has 2 unspecified atom stereocenters. The molecule has 230 valence electrons. The first-order valence-electron chi connectivity index (χ1n) is 18.3. The van der Waals surface area contributed by atoms with E-state index >= 15 is 0 Å². The Bertz CT molecular complexity index is 606. The van der Waals surface area contributed by atoms with Gasteiger partial charge >= 0.3 is 0 Å². The molecule has 2 atom stereocenters. The predicted molar refractivity (Wildman–Crippen MR) is 175 cm³/mol. The molecule has 0 aliphatic carbocycles. The Hall–Kier alpha value is -0.790. The highest BCUT2D eigenvalue weighted by Gasteiger charge is 2.22. The number of nitrogens with one attached hydrogen (secondary N) is 1. The van der Waals surface area contributed by atoms with Crippen LogP contribution in [0.1, 0.15) is 225 Å². The van der Waals surface area contributed by atoms with Crippen LogP contribution in [0.15, 0.2) is 12.4 Å². The fourth-order valence-electron chi connectivity index (χ4n) is 6.34. The molecule has 0 fully saturated rings. The van der Waals surface area contributed by atoms with Gasteiger partial charge in [-0.1, -0.05) is 181 Å². The molecule has 1 heterocycles. The van der Waals surface area contributed by atoms with Gasteiger partial charge in [-0.2, -0.15) is 0 Å². The zero-order valence-corrected chi connectivity index (χ0v) is 27.6. The average Bonchev–Trinajstić information content (AvgIpc) is 3.44. The Balaban J connectivity index is 1.99. The van der Waals surface area contributed by atoms with E-state index in [1.54, 1.807) is 0 Å². The highest BCUT2D eigenvalue weighted by molar-refractivity contribution is 4.87. The van der Waals surface area contributed by atoms with Crippen LogP contribution >= 0.6 is 0 Å². The van der Waals surface area contributed by atoms with Gasteiger partial charge in [0.2, 0.25) is 0 Å². The molecule has 2 nitrogen and oxygen atoms in total. The van der Waals surface area contributed by atoms with Crippen LogP contribution in [0.4, 0.5) is 0 Å². The Morgan fingerprint density at radius 3 is 1.21 bits per heavy atom. The Morgan fingerprint density at radius 2 is 0.821 bits per heavy atom. The van der Waals surface area contributed by atoms with Gasteiger partial charge in [0.05, 0.1) is 12.0 Å². The predicted octanol–water partition coefficient (Wildman–Crippen LogP) is 12.9.